The summed E-state index contributed by atoms with van der Waals surface area (Å²) in [6.07, 6.45) is 5.51. The standard InChI is InChI=1S/C22H26N2O3/c1-3-4-5-8-15-27-21-10-7-6-9-19(21)20(25)16-23-24-22(26)18-13-11-17(2)12-14-18/h6-7,9-14,16H,3-5,8,15H2,1-2H3,(H,24,26)/b23-16-. The summed E-state index contributed by atoms with van der Waals surface area (Å²) in [5.41, 5.74) is 4.36. The van der Waals surface area contributed by atoms with Gasteiger partial charge in [0.25, 0.3) is 5.91 Å². The molecule has 1 N–H and O–H groups in total. The highest BCUT2D eigenvalue weighted by Crippen LogP contribution is 2.18. The number of para-hydroxylation sites is 1. The van der Waals surface area contributed by atoms with Gasteiger partial charge in [0, 0.05) is 5.56 Å². The molecule has 0 unspecified atom stereocenters. The molecule has 5 heteroatoms. The molecule has 0 spiro atoms. The molecule has 2 rings (SSSR count). The average Bonchev–Trinajstić information content (AvgIpc) is 2.68. The van der Waals surface area contributed by atoms with Gasteiger partial charge in [-0.15, -0.1) is 0 Å². The molecule has 0 aliphatic rings. The maximum Gasteiger partial charge on any atom is 0.271 e. The number of amides is 1. The first-order chi connectivity index (χ1) is 13.1. The summed E-state index contributed by atoms with van der Waals surface area (Å²) in [4.78, 5) is 24.4. The quantitative estimate of drug-likeness (QED) is 0.290. The molecular weight excluding hydrogens is 340 g/mol. The van der Waals surface area contributed by atoms with Gasteiger partial charge in [0.2, 0.25) is 5.78 Å². The molecule has 0 saturated carbocycles. The van der Waals surface area contributed by atoms with E-state index in [4.69, 9.17) is 4.74 Å². The van der Waals surface area contributed by atoms with Crippen LogP contribution in [0.3, 0.4) is 0 Å². The number of nitrogens with one attached hydrogen (secondary N) is 1. The third kappa shape index (κ3) is 6.70. The molecule has 0 aromatic heterocycles. The Bertz CT molecular complexity index is 782. The number of nitrogens with zero attached hydrogens (tertiary/aromatic N) is 1. The number of ketones is 1. The third-order valence-corrected chi connectivity index (χ3v) is 4.07. The molecule has 0 radical (unpaired) electrons. The van der Waals surface area contributed by atoms with Crippen molar-refractivity contribution < 1.29 is 14.3 Å². The van der Waals surface area contributed by atoms with Crippen molar-refractivity contribution in [2.24, 2.45) is 5.10 Å². The number of hydrogen-bond acceptors (Lipinski definition) is 4. The SMILES string of the molecule is CCCCCCOc1ccccc1C(=O)/C=N\NC(=O)c1ccc(C)cc1. The van der Waals surface area contributed by atoms with Gasteiger partial charge in [-0.05, 0) is 37.6 Å². The van der Waals surface area contributed by atoms with Crippen LogP contribution in [0.25, 0.3) is 0 Å². The number of carbonyl (C=O) groups is 2. The Hall–Kier alpha value is -2.95. The maximum absolute atomic E-state index is 12.4. The van der Waals surface area contributed by atoms with Crippen molar-refractivity contribution in [2.45, 2.75) is 39.5 Å². The first kappa shape index (κ1) is 20.4. The number of ether oxygens (including phenoxy) is 1. The molecule has 5 nitrogen and oxygen atoms in total. The van der Waals surface area contributed by atoms with E-state index in [1.54, 1.807) is 30.3 Å². The van der Waals surface area contributed by atoms with E-state index in [1.807, 2.05) is 25.1 Å². The van der Waals surface area contributed by atoms with Crippen molar-refractivity contribution >= 4 is 17.9 Å². The van der Waals surface area contributed by atoms with E-state index < -0.39 is 0 Å². The average molecular weight is 366 g/mol. The molecular formula is C22H26N2O3. The van der Waals surface area contributed by atoms with E-state index in [-0.39, 0.29) is 11.7 Å². The van der Waals surface area contributed by atoms with E-state index in [2.05, 4.69) is 17.5 Å². The smallest absolute Gasteiger partial charge is 0.271 e. The van der Waals surface area contributed by atoms with E-state index in [0.717, 1.165) is 24.6 Å². The summed E-state index contributed by atoms with van der Waals surface area (Å²) < 4.78 is 5.74. The number of unbranched alkanes of at least 4 members (excludes halogenated alkanes) is 3. The Kier molecular flexibility index (Phi) is 8.23. The van der Waals surface area contributed by atoms with Gasteiger partial charge >= 0.3 is 0 Å². The second-order valence-electron chi connectivity index (χ2n) is 6.33. The summed E-state index contributed by atoms with van der Waals surface area (Å²) in [5, 5.41) is 3.78. The van der Waals surface area contributed by atoms with Crippen molar-refractivity contribution in [3.63, 3.8) is 0 Å². The molecule has 0 saturated heterocycles. The molecule has 1 amide bonds. The molecule has 27 heavy (non-hydrogen) atoms. The molecule has 0 atom stereocenters. The summed E-state index contributed by atoms with van der Waals surface area (Å²) in [6.45, 7) is 4.68. The zero-order valence-electron chi connectivity index (χ0n) is 15.9. The van der Waals surface area contributed by atoms with Crippen molar-refractivity contribution in [1.29, 1.82) is 0 Å². The normalized spacial score (nSPS) is 10.7. The molecule has 2 aromatic carbocycles. The van der Waals surface area contributed by atoms with Gasteiger partial charge < -0.3 is 4.74 Å². The third-order valence-electron chi connectivity index (χ3n) is 4.07. The number of Topliss-reactive ketones (excluding diaryl/α,β-unsaturated/α-hetero) is 1. The van der Waals surface area contributed by atoms with Crippen LogP contribution in [-0.2, 0) is 0 Å². The zero-order chi connectivity index (χ0) is 19.5. The highest BCUT2D eigenvalue weighted by Gasteiger charge is 2.10. The van der Waals surface area contributed by atoms with Gasteiger partial charge in [0.1, 0.15) is 5.75 Å². The molecule has 142 valence electrons. The van der Waals surface area contributed by atoms with Crippen LogP contribution in [0.1, 0.15) is 58.9 Å². The lowest BCUT2D eigenvalue weighted by molar-refractivity contribution is 0.0955. The molecule has 0 aliphatic carbocycles. The number of benzene rings is 2. The first-order valence-electron chi connectivity index (χ1n) is 9.28. The first-order valence-corrected chi connectivity index (χ1v) is 9.28. The van der Waals surface area contributed by atoms with Gasteiger partial charge in [-0.1, -0.05) is 56.0 Å². The largest absolute Gasteiger partial charge is 0.493 e. The Balaban J connectivity index is 1.92. The van der Waals surface area contributed by atoms with Gasteiger partial charge in [-0.25, -0.2) is 5.43 Å². The number of hydrazone groups is 1. The van der Waals surface area contributed by atoms with Crippen LogP contribution in [0.5, 0.6) is 5.75 Å². The van der Waals surface area contributed by atoms with Crippen LogP contribution in [0.2, 0.25) is 0 Å². The Morgan fingerprint density at radius 1 is 1.04 bits per heavy atom. The summed E-state index contributed by atoms with van der Waals surface area (Å²) in [6, 6.07) is 14.2. The summed E-state index contributed by atoms with van der Waals surface area (Å²) in [5.74, 6) is -0.141. The summed E-state index contributed by atoms with van der Waals surface area (Å²) >= 11 is 0. The fraction of sp³-hybridized carbons (Fsp3) is 0.318. The fourth-order valence-electron chi connectivity index (χ4n) is 2.50. The predicted octanol–water partition coefficient (Wildman–Crippen LogP) is 4.55. The zero-order valence-corrected chi connectivity index (χ0v) is 15.9. The van der Waals surface area contributed by atoms with Gasteiger partial charge in [-0.3, -0.25) is 9.59 Å². The number of aryl methyl sites for hydroxylation is 1. The van der Waals surface area contributed by atoms with Crippen molar-refractivity contribution in [1.82, 2.24) is 5.43 Å². The highest BCUT2D eigenvalue weighted by molar-refractivity contribution is 6.36. The van der Waals surface area contributed by atoms with Crippen LogP contribution in [0.15, 0.2) is 53.6 Å². The van der Waals surface area contributed by atoms with Gasteiger partial charge in [0.05, 0.1) is 18.4 Å². The predicted molar refractivity (Wildman–Crippen MR) is 108 cm³/mol. The topological polar surface area (TPSA) is 67.8 Å². The van der Waals surface area contributed by atoms with E-state index in [9.17, 15) is 9.59 Å². The number of rotatable bonds is 10. The van der Waals surface area contributed by atoms with E-state index in [1.165, 1.54) is 12.8 Å². The van der Waals surface area contributed by atoms with Crippen molar-refractivity contribution in [3.05, 3.63) is 65.2 Å². The fourth-order valence-corrected chi connectivity index (χ4v) is 2.50. The van der Waals surface area contributed by atoms with Crippen LogP contribution < -0.4 is 10.2 Å². The second kappa shape index (κ2) is 10.9. The van der Waals surface area contributed by atoms with Crippen LogP contribution in [0, 0.1) is 6.92 Å². The number of hydrogen-bond donors (Lipinski definition) is 1. The lowest BCUT2D eigenvalue weighted by Gasteiger charge is -2.09. The van der Waals surface area contributed by atoms with Crippen molar-refractivity contribution in [3.8, 4) is 5.75 Å². The molecule has 0 heterocycles. The Morgan fingerprint density at radius 3 is 2.52 bits per heavy atom. The van der Waals surface area contributed by atoms with Crippen molar-refractivity contribution in [2.75, 3.05) is 6.61 Å². The van der Waals surface area contributed by atoms with E-state index in [0.29, 0.717) is 23.5 Å². The molecule has 0 bridgehead atoms. The minimum atomic E-state index is -0.362. The summed E-state index contributed by atoms with van der Waals surface area (Å²) in [7, 11) is 0. The lowest BCUT2D eigenvalue weighted by Crippen LogP contribution is -2.18. The number of carbonyl (C=O) groups excluding carboxylic acids is 2. The van der Waals surface area contributed by atoms with Crippen LogP contribution in [0.4, 0.5) is 0 Å². The molecule has 0 aliphatic heterocycles. The molecule has 2 aromatic rings. The minimum absolute atomic E-state index is 0.316. The van der Waals surface area contributed by atoms with Gasteiger partial charge in [0.15, 0.2) is 0 Å². The molecule has 0 fully saturated rings. The van der Waals surface area contributed by atoms with Crippen LogP contribution >= 0.6 is 0 Å². The monoisotopic (exact) mass is 366 g/mol. The Labute approximate surface area is 160 Å². The lowest BCUT2D eigenvalue weighted by atomic mass is 10.1. The maximum atomic E-state index is 12.4. The van der Waals surface area contributed by atoms with Gasteiger partial charge in [-0.2, -0.15) is 5.10 Å². The van der Waals surface area contributed by atoms with Crippen LogP contribution in [-0.4, -0.2) is 24.5 Å². The minimum Gasteiger partial charge on any atom is -0.493 e. The van der Waals surface area contributed by atoms with E-state index >= 15 is 0 Å². The second-order valence-corrected chi connectivity index (χ2v) is 6.33. The highest BCUT2D eigenvalue weighted by atomic mass is 16.5. The Morgan fingerprint density at radius 2 is 1.78 bits per heavy atom.